The third kappa shape index (κ3) is 5.19. The van der Waals surface area contributed by atoms with Gasteiger partial charge in [-0.3, -0.25) is 0 Å². The van der Waals surface area contributed by atoms with E-state index in [4.69, 9.17) is 4.74 Å². The van der Waals surface area contributed by atoms with Crippen LogP contribution in [0.5, 0.6) is 0 Å². The maximum Gasteiger partial charge on any atom is 0.408 e. The molecule has 0 aromatic heterocycles. The van der Waals surface area contributed by atoms with Crippen molar-refractivity contribution in [3.8, 4) is 0 Å². The molecule has 1 atom stereocenters. The highest BCUT2D eigenvalue weighted by Crippen LogP contribution is 2.24. The summed E-state index contributed by atoms with van der Waals surface area (Å²) >= 11 is 0. The molecule has 1 heterocycles. The van der Waals surface area contributed by atoms with Crippen LogP contribution < -0.4 is 5.32 Å². The number of aliphatic carboxylic acids is 1. The van der Waals surface area contributed by atoms with Crippen molar-refractivity contribution in [2.45, 2.75) is 71.1 Å². The number of ether oxygens (including phenoxy) is 1. The third-order valence-electron chi connectivity index (χ3n) is 3.75. The first-order valence-corrected chi connectivity index (χ1v) is 7.54. The molecule has 1 aliphatic rings. The SMILES string of the molecule is CC(C)N1CCCC(NC(=O)OC(C)(C)C)(C(=O)O)CC1. The Morgan fingerprint density at radius 3 is 2.33 bits per heavy atom. The summed E-state index contributed by atoms with van der Waals surface area (Å²) in [4.78, 5) is 25.9. The van der Waals surface area contributed by atoms with Gasteiger partial charge in [0.25, 0.3) is 0 Å². The predicted octanol–water partition coefficient (Wildman–Crippen LogP) is 2.23. The van der Waals surface area contributed by atoms with E-state index in [2.05, 4.69) is 24.1 Å². The van der Waals surface area contributed by atoms with Crippen LogP contribution in [-0.2, 0) is 9.53 Å². The van der Waals surface area contributed by atoms with Crippen molar-refractivity contribution >= 4 is 12.1 Å². The number of rotatable bonds is 3. The Bertz CT molecular complexity index is 390. The number of carbonyl (C=O) groups excluding carboxylic acids is 1. The molecule has 122 valence electrons. The first kappa shape index (κ1) is 17.8. The molecule has 1 saturated heterocycles. The van der Waals surface area contributed by atoms with E-state index in [-0.39, 0.29) is 0 Å². The lowest BCUT2D eigenvalue weighted by molar-refractivity contribution is -0.145. The van der Waals surface area contributed by atoms with Gasteiger partial charge in [0.2, 0.25) is 0 Å². The second-order valence-corrected chi connectivity index (χ2v) is 7.00. The number of nitrogens with zero attached hydrogens (tertiary/aromatic N) is 1. The summed E-state index contributed by atoms with van der Waals surface area (Å²) in [6.07, 6.45) is 0.882. The van der Waals surface area contributed by atoms with Crippen molar-refractivity contribution in [2.75, 3.05) is 13.1 Å². The Morgan fingerprint density at radius 2 is 1.86 bits per heavy atom. The van der Waals surface area contributed by atoms with E-state index < -0.39 is 23.2 Å². The van der Waals surface area contributed by atoms with Gasteiger partial charge in [0.05, 0.1) is 0 Å². The number of hydrogen-bond donors (Lipinski definition) is 2. The predicted molar refractivity (Wildman–Crippen MR) is 80.3 cm³/mol. The minimum absolute atomic E-state index is 0.371. The molecular formula is C15H28N2O4. The van der Waals surface area contributed by atoms with Crippen LogP contribution in [0.1, 0.15) is 53.9 Å². The zero-order chi connectivity index (χ0) is 16.3. The number of carbonyl (C=O) groups is 2. The molecule has 0 aromatic rings. The molecule has 0 bridgehead atoms. The lowest BCUT2D eigenvalue weighted by atomic mass is 9.91. The maximum atomic E-state index is 12.0. The van der Waals surface area contributed by atoms with E-state index in [1.54, 1.807) is 20.8 Å². The smallest absolute Gasteiger partial charge is 0.408 e. The summed E-state index contributed by atoms with van der Waals surface area (Å²) in [5.41, 5.74) is -1.87. The molecule has 6 heteroatoms. The van der Waals surface area contributed by atoms with Crippen LogP contribution in [0.3, 0.4) is 0 Å². The lowest BCUT2D eigenvalue weighted by Crippen LogP contribution is -2.56. The highest BCUT2D eigenvalue weighted by atomic mass is 16.6. The first-order valence-electron chi connectivity index (χ1n) is 7.54. The quantitative estimate of drug-likeness (QED) is 0.835. The van der Waals surface area contributed by atoms with Gasteiger partial charge in [-0.25, -0.2) is 9.59 Å². The second-order valence-electron chi connectivity index (χ2n) is 7.00. The Balaban J connectivity index is 2.80. The van der Waals surface area contributed by atoms with Crippen LogP contribution in [0.25, 0.3) is 0 Å². The molecule has 1 fully saturated rings. The Hall–Kier alpha value is -1.30. The molecule has 6 nitrogen and oxygen atoms in total. The molecule has 1 unspecified atom stereocenters. The highest BCUT2D eigenvalue weighted by Gasteiger charge is 2.42. The Kier molecular flexibility index (Phi) is 5.61. The average Bonchev–Trinajstić information content (AvgIpc) is 2.49. The fraction of sp³-hybridized carbons (Fsp3) is 0.867. The number of alkyl carbamates (subject to hydrolysis) is 1. The van der Waals surface area contributed by atoms with Gasteiger partial charge < -0.3 is 20.1 Å². The number of carboxylic acids is 1. The zero-order valence-corrected chi connectivity index (χ0v) is 13.7. The summed E-state index contributed by atoms with van der Waals surface area (Å²) in [5.74, 6) is -0.987. The van der Waals surface area contributed by atoms with E-state index in [9.17, 15) is 14.7 Å². The fourth-order valence-electron chi connectivity index (χ4n) is 2.56. The molecule has 2 N–H and O–H groups in total. The number of carboxylic acid groups (broad SMARTS) is 1. The minimum Gasteiger partial charge on any atom is -0.480 e. The zero-order valence-electron chi connectivity index (χ0n) is 13.7. The van der Waals surface area contributed by atoms with Gasteiger partial charge in [0.1, 0.15) is 11.1 Å². The molecule has 1 amide bonds. The van der Waals surface area contributed by atoms with Crippen molar-refractivity contribution in [1.29, 1.82) is 0 Å². The lowest BCUT2D eigenvalue weighted by Gasteiger charge is -2.31. The van der Waals surface area contributed by atoms with Crippen molar-refractivity contribution in [2.24, 2.45) is 0 Å². The standard InChI is InChI=1S/C15H28N2O4/c1-11(2)17-9-6-7-15(8-10-17,12(18)19)16-13(20)21-14(3,4)5/h11H,6-10H2,1-5H3,(H,16,20)(H,18,19). The first-order chi connectivity index (χ1) is 9.56. The van der Waals surface area contributed by atoms with E-state index in [1.807, 2.05) is 0 Å². The van der Waals surface area contributed by atoms with E-state index in [0.29, 0.717) is 25.4 Å². The van der Waals surface area contributed by atoms with Gasteiger partial charge in [0.15, 0.2) is 0 Å². The van der Waals surface area contributed by atoms with E-state index in [1.165, 1.54) is 0 Å². The van der Waals surface area contributed by atoms with E-state index >= 15 is 0 Å². The minimum atomic E-state index is -1.23. The molecular weight excluding hydrogens is 272 g/mol. The van der Waals surface area contributed by atoms with Gasteiger partial charge in [-0.15, -0.1) is 0 Å². The normalized spacial score (nSPS) is 24.5. The number of amides is 1. The third-order valence-corrected chi connectivity index (χ3v) is 3.75. The van der Waals surface area contributed by atoms with Gasteiger partial charge in [-0.1, -0.05) is 0 Å². The molecule has 0 saturated carbocycles. The molecule has 0 radical (unpaired) electrons. The van der Waals surface area contributed by atoms with Crippen LogP contribution in [0.15, 0.2) is 0 Å². The van der Waals surface area contributed by atoms with Crippen molar-refractivity contribution in [3.05, 3.63) is 0 Å². The van der Waals surface area contributed by atoms with Gasteiger partial charge in [-0.05, 0) is 60.4 Å². The number of likely N-dealkylation sites (tertiary alicyclic amines) is 1. The Labute approximate surface area is 126 Å². The number of hydrogen-bond acceptors (Lipinski definition) is 4. The van der Waals surface area contributed by atoms with Gasteiger partial charge in [-0.2, -0.15) is 0 Å². The fourth-order valence-corrected chi connectivity index (χ4v) is 2.56. The Morgan fingerprint density at radius 1 is 1.24 bits per heavy atom. The van der Waals surface area contributed by atoms with Crippen LogP contribution in [0, 0.1) is 0 Å². The van der Waals surface area contributed by atoms with Gasteiger partial charge >= 0.3 is 12.1 Å². The average molecular weight is 300 g/mol. The van der Waals surface area contributed by atoms with E-state index in [0.717, 1.165) is 13.0 Å². The summed E-state index contributed by atoms with van der Waals surface area (Å²) in [6, 6.07) is 0.371. The summed E-state index contributed by atoms with van der Waals surface area (Å²) in [6.45, 7) is 11.0. The van der Waals surface area contributed by atoms with Crippen molar-refractivity contribution in [1.82, 2.24) is 10.2 Å². The van der Waals surface area contributed by atoms with Crippen molar-refractivity contribution < 1.29 is 19.4 Å². The molecule has 0 aromatic carbocycles. The summed E-state index contributed by atoms with van der Waals surface area (Å²) in [7, 11) is 0. The van der Waals surface area contributed by atoms with Crippen molar-refractivity contribution in [3.63, 3.8) is 0 Å². The summed E-state index contributed by atoms with van der Waals surface area (Å²) in [5, 5.41) is 12.2. The molecule has 0 aliphatic carbocycles. The summed E-state index contributed by atoms with van der Waals surface area (Å²) < 4.78 is 5.20. The van der Waals surface area contributed by atoms with Crippen LogP contribution in [0.4, 0.5) is 4.79 Å². The highest BCUT2D eigenvalue weighted by molar-refractivity contribution is 5.84. The van der Waals surface area contributed by atoms with Crippen LogP contribution in [-0.4, -0.2) is 52.3 Å². The maximum absolute atomic E-state index is 12.0. The molecule has 1 aliphatic heterocycles. The van der Waals surface area contributed by atoms with Crippen LogP contribution >= 0.6 is 0 Å². The molecule has 1 rings (SSSR count). The monoisotopic (exact) mass is 300 g/mol. The van der Waals surface area contributed by atoms with Crippen LogP contribution in [0.2, 0.25) is 0 Å². The molecule has 21 heavy (non-hydrogen) atoms. The largest absolute Gasteiger partial charge is 0.480 e. The topological polar surface area (TPSA) is 78.9 Å². The number of nitrogens with one attached hydrogen (secondary N) is 1. The second kappa shape index (κ2) is 6.64. The molecule has 0 spiro atoms. The van der Waals surface area contributed by atoms with Gasteiger partial charge in [0, 0.05) is 12.6 Å².